The summed E-state index contributed by atoms with van der Waals surface area (Å²) in [5.41, 5.74) is 4.27. The standard InChI is InChI=1S/C43H44N6O7/c50-35-15-13-33(34-14-16-38(52)45-41(34)35)36(51)24-44-20-17-27-9-11-30(12-10-27)42-46-39(56-48-42)26-54-32-8-4-7-31(23-32)40(29-5-2-1-3-6-29)47-43(53)55-37-25-49-21-18-28(37)19-22-49/h1-16,23,28,36-37,40,44,50-51H,17-22,24-26H2,(H,45,52)(H,47,53)/t36-,37-,40?/m0/s1. The third-order valence-corrected chi connectivity index (χ3v) is 10.7. The van der Waals surface area contributed by atoms with Crippen LogP contribution < -0.4 is 20.9 Å². The van der Waals surface area contributed by atoms with E-state index in [1.165, 1.54) is 12.1 Å². The van der Waals surface area contributed by atoms with E-state index in [9.17, 15) is 19.8 Å². The Morgan fingerprint density at radius 2 is 1.77 bits per heavy atom. The second-order valence-electron chi connectivity index (χ2n) is 14.4. The number of pyridine rings is 1. The predicted octanol–water partition coefficient (Wildman–Crippen LogP) is 5.64. The van der Waals surface area contributed by atoms with Gasteiger partial charge >= 0.3 is 6.09 Å². The van der Waals surface area contributed by atoms with E-state index in [2.05, 4.69) is 30.7 Å². The molecule has 288 valence electrons. The fourth-order valence-electron chi connectivity index (χ4n) is 7.65. The number of aromatic amines is 1. The molecule has 9 rings (SSSR count). The molecule has 2 aromatic heterocycles. The number of aliphatic hydroxyl groups excluding tert-OH is 1. The molecule has 5 N–H and O–H groups in total. The van der Waals surface area contributed by atoms with E-state index in [0.717, 1.165) is 61.2 Å². The summed E-state index contributed by atoms with van der Waals surface area (Å²) in [6, 6.07) is 30.9. The quantitative estimate of drug-likeness (QED) is 0.0871. The maximum atomic E-state index is 13.2. The highest BCUT2D eigenvalue weighted by Gasteiger charge is 2.37. The van der Waals surface area contributed by atoms with E-state index in [-0.39, 0.29) is 24.0 Å². The minimum absolute atomic E-state index is 0.0427. The highest BCUT2D eigenvalue weighted by atomic mass is 16.6. The van der Waals surface area contributed by atoms with Crippen LogP contribution in [0.25, 0.3) is 22.3 Å². The number of carbonyl (C=O) groups excluding carboxylic acids is 1. The molecule has 13 nitrogen and oxygen atoms in total. The van der Waals surface area contributed by atoms with Gasteiger partial charge in [0.15, 0.2) is 6.61 Å². The Morgan fingerprint density at radius 1 is 0.964 bits per heavy atom. The summed E-state index contributed by atoms with van der Waals surface area (Å²) in [6.07, 6.45) is 1.51. The van der Waals surface area contributed by atoms with Crippen molar-refractivity contribution >= 4 is 17.0 Å². The number of rotatable bonds is 14. The van der Waals surface area contributed by atoms with Gasteiger partial charge in [-0.2, -0.15) is 4.98 Å². The van der Waals surface area contributed by atoms with Crippen molar-refractivity contribution in [3.05, 3.63) is 142 Å². The first-order valence-corrected chi connectivity index (χ1v) is 19.0. The Labute approximate surface area is 323 Å². The fourth-order valence-corrected chi connectivity index (χ4v) is 7.65. The van der Waals surface area contributed by atoms with Crippen LogP contribution >= 0.6 is 0 Å². The number of hydrogen-bond acceptors (Lipinski definition) is 11. The fraction of sp³-hybridized carbons (Fsp3) is 0.302. The Kier molecular flexibility index (Phi) is 11.1. The normalized spacial score (nSPS) is 18.7. The van der Waals surface area contributed by atoms with Gasteiger partial charge in [-0.25, -0.2) is 4.79 Å². The van der Waals surface area contributed by atoms with Crippen molar-refractivity contribution in [3.8, 4) is 22.9 Å². The Balaban J connectivity index is 0.837. The molecule has 3 fully saturated rings. The number of nitrogens with one attached hydrogen (secondary N) is 3. The largest absolute Gasteiger partial charge is 0.506 e. The zero-order valence-corrected chi connectivity index (χ0v) is 30.8. The molecule has 3 saturated heterocycles. The van der Waals surface area contributed by atoms with Crippen LogP contribution in [0.15, 0.2) is 112 Å². The smallest absolute Gasteiger partial charge is 0.408 e. The molecule has 0 aliphatic carbocycles. The van der Waals surface area contributed by atoms with Crippen molar-refractivity contribution in [3.63, 3.8) is 0 Å². The molecular weight excluding hydrogens is 713 g/mol. The third-order valence-electron chi connectivity index (χ3n) is 10.7. The highest BCUT2D eigenvalue weighted by molar-refractivity contribution is 5.87. The zero-order valence-electron chi connectivity index (χ0n) is 30.8. The number of H-pyrrole nitrogens is 1. The summed E-state index contributed by atoms with van der Waals surface area (Å²) >= 11 is 0. The molecule has 3 aliphatic heterocycles. The van der Waals surface area contributed by atoms with Gasteiger partial charge in [-0.05, 0) is 91.3 Å². The SMILES string of the molecule is O=C(NC(c1ccccc1)c1cccc(OCc2nc(-c3ccc(CCNC[C@H](O)c4ccc(O)c5[nH]c(=O)ccc45)cc3)no2)c1)O[C@H]1CN2CCC1CC2. The molecule has 0 saturated carbocycles. The van der Waals surface area contributed by atoms with Gasteiger partial charge in [0.2, 0.25) is 11.4 Å². The second-order valence-corrected chi connectivity index (χ2v) is 14.4. The number of benzene rings is 4. The monoisotopic (exact) mass is 756 g/mol. The van der Waals surface area contributed by atoms with Crippen LogP contribution in [-0.2, 0) is 17.8 Å². The minimum atomic E-state index is -0.829. The first-order chi connectivity index (χ1) is 27.4. The molecule has 3 atom stereocenters. The van der Waals surface area contributed by atoms with Gasteiger partial charge in [0.25, 0.3) is 5.89 Å². The van der Waals surface area contributed by atoms with E-state index in [0.29, 0.717) is 52.9 Å². The number of aromatic hydroxyl groups is 1. The lowest BCUT2D eigenvalue weighted by Crippen LogP contribution is -2.52. The zero-order chi connectivity index (χ0) is 38.4. The summed E-state index contributed by atoms with van der Waals surface area (Å²) in [5.74, 6) is 1.74. The summed E-state index contributed by atoms with van der Waals surface area (Å²) in [5, 5.41) is 32.1. The van der Waals surface area contributed by atoms with Crippen LogP contribution in [0.5, 0.6) is 11.5 Å². The Hall–Kier alpha value is -6.02. The van der Waals surface area contributed by atoms with Crippen LogP contribution in [0.3, 0.4) is 0 Å². The van der Waals surface area contributed by atoms with Crippen molar-refractivity contribution in [1.29, 1.82) is 0 Å². The number of amides is 1. The van der Waals surface area contributed by atoms with E-state index in [4.69, 9.17) is 14.0 Å². The average Bonchev–Trinajstić information content (AvgIpc) is 3.71. The molecule has 5 heterocycles. The summed E-state index contributed by atoms with van der Waals surface area (Å²) < 4.78 is 17.6. The lowest BCUT2D eigenvalue weighted by atomic mass is 9.86. The molecule has 0 spiro atoms. The summed E-state index contributed by atoms with van der Waals surface area (Å²) in [6.45, 7) is 3.94. The summed E-state index contributed by atoms with van der Waals surface area (Å²) in [7, 11) is 0. The number of carbonyl (C=O) groups is 1. The van der Waals surface area contributed by atoms with Crippen LogP contribution in [0.4, 0.5) is 4.79 Å². The van der Waals surface area contributed by atoms with Gasteiger partial charge in [0.1, 0.15) is 17.6 Å². The van der Waals surface area contributed by atoms with Gasteiger partial charge < -0.3 is 39.8 Å². The first-order valence-electron chi connectivity index (χ1n) is 19.0. The van der Waals surface area contributed by atoms with Crippen LogP contribution in [0.1, 0.15) is 53.1 Å². The Morgan fingerprint density at radius 3 is 2.55 bits per heavy atom. The topological polar surface area (TPSA) is 175 Å². The van der Waals surface area contributed by atoms with E-state index in [1.807, 2.05) is 78.9 Å². The number of ether oxygens (including phenoxy) is 2. The number of piperidine rings is 3. The Bertz CT molecular complexity index is 2320. The van der Waals surface area contributed by atoms with Crippen molar-refractivity contribution in [1.82, 2.24) is 30.7 Å². The molecule has 3 aliphatic rings. The van der Waals surface area contributed by atoms with Gasteiger partial charge in [0, 0.05) is 30.1 Å². The average molecular weight is 757 g/mol. The summed E-state index contributed by atoms with van der Waals surface area (Å²) in [4.78, 5) is 34.5. The number of fused-ring (bicyclic) bond motifs is 4. The number of alkyl carbamates (subject to hydrolysis) is 1. The van der Waals surface area contributed by atoms with Crippen LogP contribution in [-0.4, -0.2) is 75.2 Å². The van der Waals surface area contributed by atoms with Gasteiger partial charge in [-0.3, -0.25) is 9.69 Å². The van der Waals surface area contributed by atoms with Crippen molar-refractivity contribution in [2.45, 2.75) is 44.1 Å². The number of aliphatic hydroxyl groups is 1. The molecule has 6 aromatic rings. The second kappa shape index (κ2) is 16.8. The number of hydrogen-bond donors (Lipinski definition) is 5. The molecular formula is C43H44N6O7. The lowest BCUT2D eigenvalue weighted by molar-refractivity contribution is -0.0336. The maximum Gasteiger partial charge on any atom is 0.408 e. The van der Waals surface area contributed by atoms with Crippen LogP contribution in [0.2, 0.25) is 0 Å². The third kappa shape index (κ3) is 8.60. The van der Waals surface area contributed by atoms with E-state index < -0.39 is 18.2 Å². The van der Waals surface area contributed by atoms with Crippen LogP contribution in [0, 0.1) is 5.92 Å². The highest BCUT2D eigenvalue weighted by Crippen LogP contribution is 2.31. The molecule has 13 heteroatoms. The molecule has 2 bridgehead atoms. The molecule has 1 unspecified atom stereocenters. The predicted molar refractivity (Wildman–Crippen MR) is 209 cm³/mol. The number of phenols is 1. The first kappa shape index (κ1) is 36.9. The minimum Gasteiger partial charge on any atom is -0.506 e. The number of aromatic nitrogens is 3. The van der Waals surface area contributed by atoms with Gasteiger partial charge in [-0.1, -0.05) is 78.0 Å². The van der Waals surface area contributed by atoms with E-state index >= 15 is 0 Å². The molecule has 4 aromatic carbocycles. The number of phenolic OH excluding ortho intramolecular Hbond substituents is 1. The van der Waals surface area contributed by atoms with Crippen molar-refractivity contribution in [2.24, 2.45) is 5.92 Å². The molecule has 0 radical (unpaired) electrons. The lowest BCUT2D eigenvalue weighted by Gasteiger charge is -2.43. The van der Waals surface area contributed by atoms with Gasteiger partial charge in [-0.15, -0.1) is 0 Å². The van der Waals surface area contributed by atoms with Gasteiger partial charge in [0.05, 0.1) is 17.7 Å². The number of nitrogens with zero attached hydrogens (tertiary/aromatic N) is 3. The van der Waals surface area contributed by atoms with Crippen molar-refractivity contribution < 1.29 is 29.0 Å². The van der Waals surface area contributed by atoms with Crippen molar-refractivity contribution in [2.75, 3.05) is 32.7 Å². The van der Waals surface area contributed by atoms with E-state index in [1.54, 1.807) is 12.1 Å². The molecule has 1 amide bonds. The molecule has 56 heavy (non-hydrogen) atoms. The maximum absolute atomic E-state index is 13.2.